The summed E-state index contributed by atoms with van der Waals surface area (Å²) in [6.45, 7) is 0. The van der Waals surface area contributed by atoms with Gasteiger partial charge in [0, 0.05) is 10.9 Å². The van der Waals surface area contributed by atoms with Crippen LogP contribution in [0.5, 0.6) is 5.75 Å². The molecular weight excluding hydrogens is 331 g/mol. The number of furan rings is 1. The third-order valence-corrected chi connectivity index (χ3v) is 4.29. The number of fused-ring (bicyclic) bond motifs is 1. The molecule has 0 unspecified atom stereocenters. The lowest BCUT2D eigenvalue weighted by Gasteiger charge is -2.05. The summed E-state index contributed by atoms with van der Waals surface area (Å²) in [5.41, 5.74) is 1.65. The van der Waals surface area contributed by atoms with Crippen LogP contribution in [0.25, 0.3) is 22.3 Å². The maximum Gasteiger partial charge on any atom is 0.197 e. The van der Waals surface area contributed by atoms with Gasteiger partial charge < -0.3 is 9.15 Å². The molecule has 0 N–H and O–H groups in total. The summed E-state index contributed by atoms with van der Waals surface area (Å²) in [6.07, 6.45) is 0. The van der Waals surface area contributed by atoms with Gasteiger partial charge in [-0.2, -0.15) is 0 Å². The Morgan fingerprint density at radius 3 is 2.35 bits per heavy atom. The normalized spacial score (nSPS) is 10.8. The standard InChI is InChI=1S/C22H15FO3/c1-25-15-12-10-14(11-13-15)21(24)20-17-7-3-5-9-19(17)26-22(20)16-6-2-4-8-18(16)23/h2-13H,1H3. The van der Waals surface area contributed by atoms with Gasteiger partial charge >= 0.3 is 0 Å². The molecule has 0 atom stereocenters. The summed E-state index contributed by atoms with van der Waals surface area (Å²) in [5.74, 6) is 0.240. The number of para-hydroxylation sites is 1. The number of hydrogen-bond acceptors (Lipinski definition) is 3. The molecule has 0 spiro atoms. The molecule has 4 aromatic rings. The Kier molecular flexibility index (Phi) is 4.01. The molecule has 0 saturated carbocycles. The molecular formula is C22H15FO3. The first-order valence-corrected chi connectivity index (χ1v) is 8.14. The molecule has 0 aliphatic carbocycles. The van der Waals surface area contributed by atoms with Crippen molar-refractivity contribution in [2.24, 2.45) is 0 Å². The van der Waals surface area contributed by atoms with E-state index in [-0.39, 0.29) is 17.1 Å². The largest absolute Gasteiger partial charge is 0.497 e. The lowest BCUT2D eigenvalue weighted by atomic mass is 9.97. The monoisotopic (exact) mass is 346 g/mol. The van der Waals surface area contributed by atoms with E-state index in [2.05, 4.69) is 0 Å². The van der Waals surface area contributed by atoms with Crippen molar-refractivity contribution in [2.45, 2.75) is 0 Å². The molecule has 4 heteroatoms. The molecule has 128 valence electrons. The second kappa shape index (κ2) is 6.48. The van der Waals surface area contributed by atoms with Gasteiger partial charge in [0.15, 0.2) is 5.78 Å². The molecule has 0 aliphatic heterocycles. The van der Waals surface area contributed by atoms with E-state index in [4.69, 9.17) is 9.15 Å². The van der Waals surface area contributed by atoms with Crippen molar-refractivity contribution in [3.8, 4) is 17.1 Å². The zero-order chi connectivity index (χ0) is 18.1. The van der Waals surface area contributed by atoms with E-state index in [1.165, 1.54) is 6.07 Å². The molecule has 3 aromatic carbocycles. The quantitative estimate of drug-likeness (QED) is 0.459. The lowest BCUT2D eigenvalue weighted by Crippen LogP contribution is -2.02. The van der Waals surface area contributed by atoms with Gasteiger partial charge in [-0.3, -0.25) is 4.79 Å². The van der Waals surface area contributed by atoms with Gasteiger partial charge in [0.1, 0.15) is 22.9 Å². The van der Waals surface area contributed by atoms with Crippen molar-refractivity contribution in [3.63, 3.8) is 0 Å². The van der Waals surface area contributed by atoms with Gasteiger partial charge in [0.25, 0.3) is 0 Å². The van der Waals surface area contributed by atoms with Crippen molar-refractivity contribution in [1.29, 1.82) is 0 Å². The fraction of sp³-hybridized carbons (Fsp3) is 0.0455. The molecule has 26 heavy (non-hydrogen) atoms. The van der Waals surface area contributed by atoms with E-state index in [0.29, 0.717) is 27.8 Å². The van der Waals surface area contributed by atoms with E-state index in [0.717, 1.165) is 0 Å². The Balaban J connectivity index is 1.94. The van der Waals surface area contributed by atoms with Crippen molar-refractivity contribution in [2.75, 3.05) is 7.11 Å². The summed E-state index contributed by atoms with van der Waals surface area (Å²) >= 11 is 0. The molecule has 0 amide bonds. The van der Waals surface area contributed by atoms with Crippen molar-refractivity contribution in [3.05, 3.63) is 89.7 Å². The predicted molar refractivity (Wildman–Crippen MR) is 98.0 cm³/mol. The molecule has 0 bridgehead atoms. The highest BCUT2D eigenvalue weighted by atomic mass is 19.1. The van der Waals surface area contributed by atoms with Crippen LogP contribution in [-0.2, 0) is 0 Å². The van der Waals surface area contributed by atoms with Gasteiger partial charge in [-0.05, 0) is 42.5 Å². The number of rotatable bonds is 4. The zero-order valence-corrected chi connectivity index (χ0v) is 14.0. The summed E-state index contributed by atoms with van der Waals surface area (Å²) in [7, 11) is 1.57. The summed E-state index contributed by atoms with van der Waals surface area (Å²) < 4.78 is 25.4. The highest BCUT2D eigenvalue weighted by Crippen LogP contribution is 2.36. The molecule has 1 aromatic heterocycles. The minimum Gasteiger partial charge on any atom is -0.497 e. The smallest absolute Gasteiger partial charge is 0.197 e. The van der Waals surface area contributed by atoms with E-state index in [1.807, 2.05) is 12.1 Å². The van der Waals surface area contributed by atoms with Gasteiger partial charge in [0.05, 0.1) is 18.2 Å². The SMILES string of the molecule is COc1ccc(C(=O)c2c(-c3ccccc3F)oc3ccccc23)cc1. The third kappa shape index (κ3) is 2.65. The lowest BCUT2D eigenvalue weighted by molar-refractivity contribution is 0.104. The molecule has 0 aliphatic rings. The average Bonchev–Trinajstić information content (AvgIpc) is 3.07. The van der Waals surface area contributed by atoms with Crippen LogP contribution < -0.4 is 4.74 Å². The summed E-state index contributed by atoms with van der Waals surface area (Å²) in [6, 6.07) is 20.3. The number of ether oxygens (including phenoxy) is 1. The maximum atomic E-state index is 14.4. The van der Waals surface area contributed by atoms with Crippen LogP contribution in [-0.4, -0.2) is 12.9 Å². The molecule has 3 nitrogen and oxygen atoms in total. The fourth-order valence-corrected chi connectivity index (χ4v) is 2.99. The first-order chi connectivity index (χ1) is 12.7. The first-order valence-electron chi connectivity index (χ1n) is 8.14. The van der Waals surface area contributed by atoms with Crippen molar-refractivity contribution in [1.82, 2.24) is 0 Å². The highest BCUT2D eigenvalue weighted by molar-refractivity contribution is 6.19. The Bertz CT molecular complexity index is 1090. The summed E-state index contributed by atoms with van der Waals surface area (Å²) in [5, 5.41) is 0.659. The van der Waals surface area contributed by atoms with Crippen LogP contribution in [0.2, 0.25) is 0 Å². The fourth-order valence-electron chi connectivity index (χ4n) is 2.99. The number of carbonyl (C=O) groups excluding carboxylic acids is 1. The Morgan fingerprint density at radius 1 is 0.923 bits per heavy atom. The van der Waals surface area contributed by atoms with Gasteiger partial charge in [0.2, 0.25) is 0 Å². The second-order valence-corrected chi connectivity index (χ2v) is 5.84. The number of hydrogen-bond donors (Lipinski definition) is 0. The minimum atomic E-state index is -0.435. The van der Waals surface area contributed by atoms with Gasteiger partial charge in [-0.1, -0.05) is 30.3 Å². The third-order valence-electron chi connectivity index (χ3n) is 4.29. The number of methoxy groups -OCH3 is 1. The number of ketones is 1. The molecule has 0 fully saturated rings. The van der Waals surface area contributed by atoms with Crippen LogP contribution in [0.3, 0.4) is 0 Å². The predicted octanol–water partition coefficient (Wildman–Crippen LogP) is 5.48. The van der Waals surface area contributed by atoms with Gasteiger partial charge in [-0.25, -0.2) is 4.39 Å². The molecule has 0 saturated heterocycles. The van der Waals surface area contributed by atoms with E-state index >= 15 is 0 Å². The number of carbonyl (C=O) groups is 1. The van der Waals surface area contributed by atoms with Crippen molar-refractivity contribution >= 4 is 16.8 Å². The molecule has 1 heterocycles. The van der Waals surface area contributed by atoms with Crippen LogP contribution in [0, 0.1) is 5.82 Å². The molecule has 0 radical (unpaired) electrons. The second-order valence-electron chi connectivity index (χ2n) is 5.84. The number of halogens is 1. The van der Waals surface area contributed by atoms with Crippen LogP contribution in [0.4, 0.5) is 4.39 Å². The van der Waals surface area contributed by atoms with Crippen LogP contribution >= 0.6 is 0 Å². The zero-order valence-electron chi connectivity index (χ0n) is 14.0. The summed E-state index contributed by atoms with van der Waals surface area (Å²) in [4.78, 5) is 13.2. The average molecular weight is 346 g/mol. The van der Waals surface area contributed by atoms with Crippen LogP contribution in [0.15, 0.2) is 77.2 Å². The Hall–Kier alpha value is -3.40. The molecule has 4 rings (SSSR count). The Morgan fingerprint density at radius 2 is 1.62 bits per heavy atom. The van der Waals surface area contributed by atoms with Gasteiger partial charge in [-0.15, -0.1) is 0 Å². The maximum absolute atomic E-state index is 14.4. The van der Waals surface area contributed by atoms with Crippen molar-refractivity contribution < 1.29 is 18.3 Å². The minimum absolute atomic E-state index is 0.226. The highest BCUT2D eigenvalue weighted by Gasteiger charge is 2.24. The topological polar surface area (TPSA) is 39.4 Å². The van der Waals surface area contributed by atoms with E-state index < -0.39 is 5.82 Å². The number of benzene rings is 3. The van der Waals surface area contributed by atoms with E-state index in [9.17, 15) is 9.18 Å². The first kappa shape index (κ1) is 16.1. The van der Waals surface area contributed by atoms with Crippen LogP contribution in [0.1, 0.15) is 15.9 Å². The Labute approximate surface area is 149 Å². The van der Waals surface area contributed by atoms with E-state index in [1.54, 1.807) is 61.7 Å².